The van der Waals surface area contributed by atoms with E-state index in [0.717, 1.165) is 30.7 Å². The normalized spacial score (nSPS) is 19.3. The first-order valence-corrected chi connectivity index (χ1v) is 10.3. The molecule has 8 heteroatoms. The zero-order valence-electron chi connectivity index (χ0n) is 14.0. The predicted octanol–water partition coefficient (Wildman–Crippen LogP) is 3.47. The molecule has 0 spiro atoms. The van der Waals surface area contributed by atoms with Gasteiger partial charge in [0.15, 0.2) is 0 Å². The number of thioether (sulfide) groups is 1. The van der Waals surface area contributed by atoms with Crippen LogP contribution >= 0.6 is 23.1 Å². The molecule has 2 aliphatic rings. The van der Waals surface area contributed by atoms with Gasteiger partial charge >= 0.3 is 0 Å². The maximum atomic E-state index is 12.3. The van der Waals surface area contributed by atoms with E-state index in [9.17, 15) is 10.1 Å². The standard InChI is InChI=1S/C17H19N5OS2/c1-9-2-5-11-12(7-18)16(25-13(11)6-9)19-14(23)8-24-17-20-15(21-22-17)10-3-4-10/h9-10H,2-6,8H2,1H3,(H,19,23)(H,20,21,22). The quantitative estimate of drug-likeness (QED) is 0.783. The Balaban J connectivity index is 1.39. The van der Waals surface area contributed by atoms with E-state index >= 15 is 0 Å². The molecule has 130 valence electrons. The van der Waals surface area contributed by atoms with Crippen molar-refractivity contribution in [3.63, 3.8) is 0 Å². The zero-order chi connectivity index (χ0) is 17.4. The van der Waals surface area contributed by atoms with Crippen molar-refractivity contribution in [2.24, 2.45) is 5.92 Å². The summed E-state index contributed by atoms with van der Waals surface area (Å²) in [6.45, 7) is 2.23. The molecular formula is C17H19N5OS2. The fourth-order valence-electron chi connectivity index (χ4n) is 3.11. The van der Waals surface area contributed by atoms with Crippen LogP contribution in [0.15, 0.2) is 5.16 Å². The second kappa shape index (κ2) is 6.81. The summed E-state index contributed by atoms with van der Waals surface area (Å²) in [7, 11) is 0. The number of rotatable bonds is 5. The molecule has 2 aromatic heterocycles. The Labute approximate surface area is 154 Å². The highest BCUT2D eigenvalue weighted by Crippen LogP contribution is 2.40. The Morgan fingerprint density at radius 3 is 3.08 bits per heavy atom. The molecular weight excluding hydrogens is 354 g/mol. The maximum Gasteiger partial charge on any atom is 0.235 e. The van der Waals surface area contributed by atoms with Crippen molar-refractivity contribution in [3.8, 4) is 6.07 Å². The lowest BCUT2D eigenvalue weighted by Gasteiger charge is -2.17. The molecule has 1 saturated carbocycles. The van der Waals surface area contributed by atoms with Gasteiger partial charge in [-0.05, 0) is 43.6 Å². The molecule has 0 radical (unpaired) electrons. The van der Waals surface area contributed by atoms with Crippen LogP contribution in [-0.2, 0) is 17.6 Å². The van der Waals surface area contributed by atoms with Gasteiger partial charge < -0.3 is 5.32 Å². The van der Waals surface area contributed by atoms with Crippen LogP contribution in [0.4, 0.5) is 5.00 Å². The number of amides is 1. The lowest BCUT2D eigenvalue weighted by atomic mass is 9.89. The summed E-state index contributed by atoms with van der Waals surface area (Å²) in [6.07, 6.45) is 5.37. The van der Waals surface area contributed by atoms with Gasteiger partial charge in [0, 0.05) is 10.8 Å². The first-order valence-electron chi connectivity index (χ1n) is 8.53. The second-order valence-electron chi connectivity index (χ2n) is 6.78. The lowest BCUT2D eigenvalue weighted by Crippen LogP contribution is -2.14. The highest BCUT2D eigenvalue weighted by atomic mass is 32.2. The Bertz CT molecular complexity index is 846. The largest absolute Gasteiger partial charge is 0.316 e. The van der Waals surface area contributed by atoms with Gasteiger partial charge in [-0.3, -0.25) is 9.89 Å². The van der Waals surface area contributed by atoms with Gasteiger partial charge in [-0.2, -0.15) is 5.26 Å². The fourth-order valence-corrected chi connectivity index (χ4v) is 5.09. The summed E-state index contributed by atoms with van der Waals surface area (Å²) in [4.78, 5) is 17.9. The zero-order valence-corrected chi connectivity index (χ0v) is 15.6. The van der Waals surface area contributed by atoms with Crippen LogP contribution in [-0.4, -0.2) is 26.8 Å². The number of nitrogens with zero attached hydrogens (tertiary/aromatic N) is 3. The minimum absolute atomic E-state index is 0.120. The van der Waals surface area contributed by atoms with E-state index in [1.807, 2.05) is 0 Å². The summed E-state index contributed by atoms with van der Waals surface area (Å²) in [5, 5.41) is 20.8. The van der Waals surface area contributed by atoms with E-state index in [-0.39, 0.29) is 11.7 Å². The van der Waals surface area contributed by atoms with Gasteiger partial charge in [0.2, 0.25) is 11.1 Å². The Hall–Kier alpha value is -1.85. The van der Waals surface area contributed by atoms with Crippen LogP contribution in [0.5, 0.6) is 0 Å². The molecule has 1 unspecified atom stereocenters. The Morgan fingerprint density at radius 1 is 1.48 bits per heavy atom. The predicted molar refractivity (Wildman–Crippen MR) is 97.9 cm³/mol. The van der Waals surface area contributed by atoms with Crippen molar-refractivity contribution in [3.05, 3.63) is 21.8 Å². The van der Waals surface area contributed by atoms with Crippen LogP contribution < -0.4 is 5.32 Å². The number of aromatic amines is 1. The van der Waals surface area contributed by atoms with Crippen LogP contribution in [0.2, 0.25) is 0 Å². The molecule has 1 fully saturated rings. The molecule has 2 N–H and O–H groups in total. The molecule has 4 rings (SSSR count). The van der Waals surface area contributed by atoms with Crippen LogP contribution in [0.1, 0.15) is 53.9 Å². The van der Waals surface area contributed by atoms with E-state index < -0.39 is 0 Å². The third kappa shape index (κ3) is 3.58. The van der Waals surface area contributed by atoms with Gasteiger partial charge in [-0.1, -0.05) is 18.7 Å². The van der Waals surface area contributed by atoms with Crippen molar-refractivity contribution in [1.82, 2.24) is 15.2 Å². The van der Waals surface area contributed by atoms with Crippen molar-refractivity contribution in [1.29, 1.82) is 5.26 Å². The van der Waals surface area contributed by atoms with Crippen LogP contribution in [0.3, 0.4) is 0 Å². The van der Waals surface area contributed by atoms with Crippen molar-refractivity contribution in [2.45, 2.75) is 50.1 Å². The van der Waals surface area contributed by atoms with E-state index in [0.29, 0.717) is 27.6 Å². The number of carbonyl (C=O) groups excluding carboxylic acids is 1. The number of hydrogen-bond acceptors (Lipinski definition) is 6. The number of nitrogens with one attached hydrogen (secondary N) is 2. The molecule has 2 aromatic rings. The molecule has 2 aliphatic carbocycles. The number of hydrogen-bond donors (Lipinski definition) is 2. The fraction of sp³-hybridized carbons (Fsp3) is 0.529. The number of carbonyl (C=O) groups is 1. The monoisotopic (exact) mass is 373 g/mol. The third-order valence-corrected chi connectivity index (χ3v) is 6.67. The van der Waals surface area contributed by atoms with Gasteiger partial charge in [-0.15, -0.1) is 16.4 Å². The highest BCUT2D eigenvalue weighted by molar-refractivity contribution is 7.99. The Kier molecular flexibility index (Phi) is 4.52. The lowest BCUT2D eigenvalue weighted by molar-refractivity contribution is -0.113. The number of anilines is 1. The van der Waals surface area contributed by atoms with E-state index in [1.165, 1.54) is 29.5 Å². The molecule has 1 amide bonds. The van der Waals surface area contributed by atoms with Crippen molar-refractivity contribution < 1.29 is 4.79 Å². The number of nitriles is 1. The summed E-state index contributed by atoms with van der Waals surface area (Å²) in [6, 6.07) is 2.28. The second-order valence-corrected chi connectivity index (χ2v) is 8.83. The topological polar surface area (TPSA) is 94.5 Å². The van der Waals surface area contributed by atoms with E-state index in [4.69, 9.17) is 0 Å². The highest BCUT2D eigenvalue weighted by Gasteiger charge is 2.27. The SMILES string of the molecule is CC1CCc2c(sc(NC(=O)CSc3n[nH]c(C4CC4)n3)c2C#N)C1. The van der Waals surface area contributed by atoms with Crippen LogP contribution in [0, 0.1) is 17.2 Å². The minimum Gasteiger partial charge on any atom is -0.316 e. The summed E-state index contributed by atoms with van der Waals surface area (Å²) in [5.74, 6) is 2.21. The summed E-state index contributed by atoms with van der Waals surface area (Å²) < 4.78 is 0. The molecule has 0 bridgehead atoms. The van der Waals surface area contributed by atoms with Crippen molar-refractivity contribution in [2.75, 3.05) is 11.1 Å². The van der Waals surface area contributed by atoms with Gasteiger partial charge in [-0.25, -0.2) is 4.98 Å². The molecule has 25 heavy (non-hydrogen) atoms. The number of H-pyrrole nitrogens is 1. The molecule has 2 heterocycles. The molecule has 0 saturated heterocycles. The van der Waals surface area contributed by atoms with E-state index in [2.05, 4.69) is 33.5 Å². The average molecular weight is 374 g/mol. The first-order chi connectivity index (χ1) is 12.1. The molecule has 0 aliphatic heterocycles. The molecule has 1 atom stereocenters. The smallest absolute Gasteiger partial charge is 0.235 e. The Morgan fingerprint density at radius 2 is 2.32 bits per heavy atom. The van der Waals surface area contributed by atoms with Crippen LogP contribution in [0.25, 0.3) is 0 Å². The number of fused-ring (bicyclic) bond motifs is 1. The third-order valence-electron chi connectivity index (χ3n) is 4.66. The average Bonchev–Trinajstić information content (AvgIpc) is 3.23. The number of thiophene rings is 1. The summed E-state index contributed by atoms with van der Waals surface area (Å²) in [5.41, 5.74) is 1.79. The molecule has 6 nitrogen and oxygen atoms in total. The minimum atomic E-state index is -0.120. The molecule has 0 aromatic carbocycles. The van der Waals surface area contributed by atoms with Gasteiger partial charge in [0.25, 0.3) is 0 Å². The summed E-state index contributed by atoms with van der Waals surface area (Å²) >= 11 is 2.87. The number of aromatic nitrogens is 3. The van der Waals surface area contributed by atoms with E-state index in [1.54, 1.807) is 11.3 Å². The first kappa shape index (κ1) is 16.6. The van der Waals surface area contributed by atoms with Crippen molar-refractivity contribution >= 4 is 34.0 Å². The maximum absolute atomic E-state index is 12.3. The van der Waals surface area contributed by atoms with Gasteiger partial charge in [0.1, 0.15) is 16.9 Å². The van der Waals surface area contributed by atoms with Gasteiger partial charge in [0.05, 0.1) is 11.3 Å².